The zero-order valence-corrected chi connectivity index (χ0v) is 14.5. The Balaban J connectivity index is 0.00000220. The van der Waals surface area contributed by atoms with Gasteiger partial charge >= 0.3 is 0 Å². The number of benzene rings is 1. The SMILES string of the molecule is Cc1cccnc1CN=C(N)NCCc1ccccc1.I. The predicted molar refractivity (Wildman–Crippen MR) is 97.9 cm³/mol. The van der Waals surface area contributed by atoms with Crippen molar-refractivity contribution in [3.05, 3.63) is 65.5 Å². The van der Waals surface area contributed by atoms with Crippen LogP contribution in [0.25, 0.3) is 0 Å². The molecule has 0 aliphatic carbocycles. The molecule has 0 saturated heterocycles. The summed E-state index contributed by atoms with van der Waals surface area (Å²) < 4.78 is 0. The van der Waals surface area contributed by atoms with Crippen LogP contribution in [-0.2, 0) is 13.0 Å². The molecule has 1 heterocycles. The van der Waals surface area contributed by atoms with E-state index in [1.807, 2.05) is 37.3 Å². The van der Waals surface area contributed by atoms with E-state index in [4.69, 9.17) is 5.73 Å². The Hall–Kier alpha value is -1.63. The number of hydrogen-bond acceptors (Lipinski definition) is 2. The molecule has 0 bridgehead atoms. The second kappa shape index (κ2) is 9.33. The van der Waals surface area contributed by atoms with E-state index in [0.717, 1.165) is 24.2 Å². The fraction of sp³-hybridized carbons (Fsp3) is 0.250. The lowest BCUT2D eigenvalue weighted by Crippen LogP contribution is -2.33. The molecule has 0 fully saturated rings. The maximum atomic E-state index is 5.85. The normalized spacial score (nSPS) is 10.8. The predicted octanol–water partition coefficient (Wildman–Crippen LogP) is 2.66. The Kier molecular flexibility index (Phi) is 7.74. The molecular weight excluding hydrogens is 375 g/mol. The molecule has 1 aromatic heterocycles. The number of halogens is 1. The number of nitrogens with two attached hydrogens (primary N) is 1. The van der Waals surface area contributed by atoms with E-state index in [9.17, 15) is 0 Å². The molecule has 0 amide bonds. The highest BCUT2D eigenvalue weighted by Crippen LogP contribution is 2.04. The van der Waals surface area contributed by atoms with E-state index >= 15 is 0 Å². The molecule has 5 heteroatoms. The van der Waals surface area contributed by atoms with Crippen LogP contribution in [0.1, 0.15) is 16.8 Å². The largest absolute Gasteiger partial charge is 0.370 e. The molecule has 4 nitrogen and oxygen atoms in total. The first kappa shape index (κ1) is 17.4. The topological polar surface area (TPSA) is 63.3 Å². The van der Waals surface area contributed by atoms with Gasteiger partial charge in [-0.2, -0.15) is 0 Å². The van der Waals surface area contributed by atoms with E-state index in [0.29, 0.717) is 12.5 Å². The van der Waals surface area contributed by atoms with Gasteiger partial charge in [-0.25, -0.2) is 4.99 Å². The molecule has 3 N–H and O–H groups in total. The monoisotopic (exact) mass is 396 g/mol. The van der Waals surface area contributed by atoms with Crippen LogP contribution in [-0.4, -0.2) is 17.5 Å². The van der Waals surface area contributed by atoms with E-state index in [1.165, 1.54) is 5.56 Å². The lowest BCUT2D eigenvalue weighted by Gasteiger charge is -2.06. The van der Waals surface area contributed by atoms with Gasteiger partial charge in [-0.1, -0.05) is 36.4 Å². The Morgan fingerprint density at radius 3 is 2.67 bits per heavy atom. The first-order chi connectivity index (χ1) is 9.75. The van der Waals surface area contributed by atoms with Crippen LogP contribution in [0.2, 0.25) is 0 Å². The van der Waals surface area contributed by atoms with Crippen molar-refractivity contribution in [1.29, 1.82) is 0 Å². The summed E-state index contributed by atoms with van der Waals surface area (Å²) in [4.78, 5) is 8.59. The fourth-order valence-electron chi connectivity index (χ4n) is 1.88. The molecule has 0 aliphatic rings. The van der Waals surface area contributed by atoms with Crippen molar-refractivity contribution in [2.45, 2.75) is 19.9 Å². The van der Waals surface area contributed by atoms with Gasteiger partial charge in [0, 0.05) is 12.7 Å². The molecule has 0 unspecified atom stereocenters. The molecule has 2 rings (SSSR count). The lowest BCUT2D eigenvalue weighted by atomic mass is 10.1. The van der Waals surface area contributed by atoms with Gasteiger partial charge < -0.3 is 11.1 Å². The Morgan fingerprint density at radius 2 is 1.95 bits per heavy atom. The zero-order chi connectivity index (χ0) is 14.2. The van der Waals surface area contributed by atoms with Crippen LogP contribution >= 0.6 is 24.0 Å². The third kappa shape index (κ3) is 6.12. The van der Waals surface area contributed by atoms with Crippen molar-refractivity contribution >= 4 is 29.9 Å². The average Bonchev–Trinajstić information content (AvgIpc) is 2.47. The van der Waals surface area contributed by atoms with Gasteiger partial charge in [0.05, 0.1) is 12.2 Å². The second-order valence-corrected chi connectivity index (χ2v) is 4.63. The molecule has 112 valence electrons. The molecule has 0 spiro atoms. The van der Waals surface area contributed by atoms with Crippen molar-refractivity contribution in [2.75, 3.05) is 6.54 Å². The number of pyridine rings is 1. The van der Waals surface area contributed by atoms with Gasteiger partial charge in [-0.15, -0.1) is 24.0 Å². The minimum Gasteiger partial charge on any atom is -0.370 e. The van der Waals surface area contributed by atoms with Gasteiger partial charge in [0.15, 0.2) is 5.96 Å². The van der Waals surface area contributed by atoms with E-state index in [1.54, 1.807) is 6.20 Å². The van der Waals surface area contributed by atoms with Gasteiger partial charge in [0.1, 0.15) is 0 Å². The van der Waals surface area contributed by atoms with Crippen molar-refractivity contribution in [3.8, 4) is 0 Å². The number of nitrogens with one attached hydrogen (secondary N) is 1. The summed E-state index contributed by atoms with van der Waals surface area (Å²) in [7, 11) is 0. The van der Waals surface area contributed by atoms with Crippen LogP contribution in [0.4, 0.5) is 0 Å². The molecule has 0 radical (unpaired) electrons. The summed E-state index contributed by atoms with van der Waals surface area (Å²) >= 11 is 0. The molecule has 0 atom stereocenters. The quantitative estimate of drug-likeness (QED) is 0.464. The number of aryl methyl sites for hydroxylation is 1. The first-order valence-corrected chi connectivity index (χ1v) is 6.74. The number of aromatic nitrogens is 1. The third-order valence-electron chi connectivity index (χ3n) is 3.08. The van der Waals surface area contributed by atoms with Crippen molar-refractivity contribution < 1.29 is 0 Å². The van der Waals surface area contributed by atoms with Crippen LogP contribution in [0, 0.1) is 6.92 Å². The van der Waals surface area contributed by atoms with E-state index in [-0.39, 0.29) is 24.0 Å². The fourth-order valence-corrected chi connectivity index (χ4v) is 1.88. The van der Waals surface area contributed by atoms with Crippen molar-refractivity contribution in [2.24, 2.45) is 10.7 Å². The van der Waals surface area contributed by atoms with E-state index < -0.39 is 0 Å². The van der Waals surface area contributed by atoms with Crippen LogP contribution in [0.15, 0.2) is 53.7 Å². The smallest absolute Gasteiger partial charge is 0.188 e. The summed E-state index contributed by atoms with van der Waals surface area (Å²) in [5.41, 5.74) is 9.22. The molecule has 0 aliphatic heterocycles. The number of rotatable bonds is 5. The zero-order valence-electron chi connectivity index (χ0n) is 12.1. The maximum absolute atomic E-state index is 5.85. The van der Waals surface area contributed by atoms with Crippen LogP contribution in [0.5, 0.6) is 0 Å². The van der Waals surface area contributed by atoms with Crippen LogP contribution < -0.4 is 11.1 Å². The van der Waals surface area contributed by atoms with Gasteiger partial charge in [0.25, 0.3) is 0 Å². The number of guanidine groups is 1. The molecule has 21 heavy (non-hydrogen) atoms. The summed E-state index contributed by atoms with van der Waals surface area (Å²) in [6, 6.07) is 14.2. The number of hydrogen-bond donors (Lipinski definition) is 2. The van der Waals surface area contributed by atoms with Gasteiger partial charge in [-0.3, -0.25) is 4.98 Å². The highest BCUT2D eigenvalue weighted by atomic mass is 127. The summed E-state index contributed by atoms with van der Waals surface area (Å²) in [6.07, 6.45) is 2.70. The van der Waals surface area contributed by atoms with Crippen molar-refractivity contribution in [1.82, 2.24) is 10.3 Å². The highest BCUT2D eigenvalue weighted by Gasteiger charge is 1.98. The Morgan fingerprint density at radius 1 is 1.19 bits per heavy atom. The van der Waals surface area contributed by atoms with Gasteiger partial charge in [0.2, 0.25) is 0 Å². The summed E-state index contributed by atoms with van der Waals surface area (Å²) in [6.45, 7) is 3.31. The first-order valence-electron chi connectivity index (χ1n) is 6.74. The lowest BCUT2D eigenvalue weighted by molar-refractivity contribution is 0.843. The van der Waals surface area contributed by atoms with Gasteiger partial charge in [-0.05, 0) is 30.5 Å². The minimum absolute atomic E-state index is 0. The second-order valence-electron chi connectivity index (χ2n) is 4.63. The minimum atomic E-state index is 0. The Labute approximate surface area is 142 Å². The molecule has 1 aromatic carbocycles. The summed E-state index contributed by atoms with van der Waals surface area (Å²) in [5, 5.41) is 3.12. The number of nitrogens with zero attached hydrogens (tertiary/aromatic N) is 2. The molecule has 0 saturated carbocycles. The van der Waals surface area contributed by atoms with Crippen molar-refractivity contribution in [3.63, 3.8) is 0 Å². The maximum Gasteiger partial charge on any atom is 0.188 e. The van der Waals surface area contributed by atoms with E-state index in [2.05, 4.69) is 27.4 Å². The number of aliphatic imine (C=N–C) groups is 1. The average molecular weight is 396 g/mol. The Bertz CT molecular complexity index is 569. The third-order valence-corrected chi connectivity index (χ3v) is 3.08. The summed E-state index contributed by atoms with van der Waals surface area (Å²) in [5.74, 6) is 0.464. The highest BCUT2D eigenvalue weighted by molar-refractivity contribution is 14.0. The molecule has 2 aromatic rings. The standard InChI is InChI=1S/C16H20N4.HI/c1-13-6-5-10-18-15(13)12-20-16(17)19-11-9-14-7-3-2-4-8-14;/h2-8,10H,9,11-12H2,1H3,(H3,17,19,20);1H. The molecular formula is C16H21IN4. The van der Waals surface area contributed by atoms with Crippen LogP contribution in [0.3, 0.4) is 0 Å².